The fraction of sp³-hybridized carbons (Fsp3) is 0.526. The first kappa shape index (κ1) is 18.2. The highest BCUT2D eigenvalue weighted by Gasteiger charge is 2.32. The van der Waals surface area contributed by atoms with Gasteiger partial charge in [-0.3, -0.25) is 4.90 Å². The van der Waals surface area contributed by atoms with Crippen LogP contribution in [0.15, 0.2) is 23.6 Å². The molecule has 1 aliphatic rings. The molecule has 5 nitrogen and oxygen atoms in total. The Morgan fingerprint density at radius 1 is 1.36 bits per heavy atom. The number of likely N-dealkylation sites (tertiary alicyclic amines) is 1. The van der Waals surface area contributed by atoms with Crippen molar-refractivity contribution in [2.75, 3.05) is 33.4 Å². The molecule has 0 radical (unpaired) electrons. The van der Waals surface area contributed by atoms with E-state index in [0.29, 0.717) is 6.61 Å². The van der Waals surface area contributed by atoms with Gasteiger partial charge in [-0.25, -0.2) is 4.98 Å². The van der Waals surface area contributed by atoms with Gasteiger partial charge in [0, 0.05) is 24.0 Å². The van der Waals surface area contributed by atoms with Crippen LogP contribution in [-0.4, -0.2) is 43.2 Å². The summed E-state index contributed by atoms with van der Waals surface area (Å²) < 4.78 is 11.0. The first-order chi connectivity index (χ1) is 12.1. The summed E-state index contributed by atoms with van der Waals surface area (Å²) in [6, 6.07) is 5.98. The van der Waals surface area contributed by atoms with Gasteiger partial charge in [-0.2, -0.15) is 0 Å². The number of ether oxygens (including phenoxy) is 2. The number of hydrogen-bond acceptors (Lipinski definition) is 6. The Morgan fingerprint density at radius 2 is 2.20 bits per heavy atom. The van der Waals surface area contributed by atoms with E-state index in [2.05, 4.69) is 17.2 Å². The van der Waals surface area contributed by atoms with Gasteiger partial charge >= 0.3 is 0 Å². The average Bonchev–Trinajstić information content (AvgIpc) is 3.23. The van der Waals surface area contributed by atoms with Crippen LogP contribution in [0.5, 0.6) is 11.5 Å². The fourth-order valence-corrected chi connectivity index (χ4v) is 4.05. The fourth-order valence-electron chi connectivity index (χ4n) is 3.24. The van der Waals surface area contributed by atoms with E-state index in [4.69, 9.17) is 20.2 Å². The first-order valence-corrected chi connectivity index (χ1v) is 9.63. The molecule has 2 aromatic rings. The standard InChI is InChI=1S/C19H27N3O2S/c1-4-24-16-6-5-14(9-17(16)23-3)18-21-15(11-25-18)10-22-8-7-19(2,12-20)13-22/h5-6,9,11H,4,7-8,10,12-13,20H2,1-3H3. The molecule has 0 amide bonds. The van der Waals surface area contributed by atoms with Gasteiger partial charge in [0.05, 0.1) is 19.4 Å². The Balaban J connectivity index is 1.71. The van der Waals surface area contributed by atoms with E-state index < -0.39 is 0 Å². The van der Waals surface area contributed by atoms with Gasteiger partial charge in [-0.15, -0.1) is 11.3 Å². The minimum atomic E-state index is 0.251. The lowest BCUT2D eigenvalue weighted by molar-refractivity contribution is 0.272. The highest BCUT2D eigenvalue weighted by molar-refractivity contribution is 7.13. The first-order valence-electron chi connectivity index (χ1n) is 8.75. The van der Waals surface area contributed by atoms with Crippen molar-refractivity contribution < 1.29 is 9.47 Å². The molecule has 0 saturated carbocycles. The molecule has 1 aliphatic heterocycles. The second-order valence-electron chi connectivity index (χ2n) is 6.92. The van der Waals surface area contributed by atoms with Crippen molar-refractivity contribution in [1.29, 1.82) is 0 Å². The van der Waals surface area contributed by atoms with Crippen LogP contribution in [0.2, 0.25) is 0 Å². The van der Waals surface area contributed by atoms with Crippen molar-refractivity contribution in [2.45, 2.75) is 26.8 Å². The molecule has 2 heterocycles. The Labute approximate surface area is 153 Å². The molecule has 0 spiro atoms. The van der Waals surface area contributed by atoms with Crippen molar-refractivity contribution in [3.8, 4) is 22.1 Å². The summed E-state index contributed by atoms with van der Waals surface area (Å²) in [5.41, 5.74) is 8.33. The van der Waals surface area contributed by atoms with Crippen molar-refractivity contribution in [1.82, 2.24) is 9.88 Å². The van der Waals surface area contributed by atoms with Crippen molar-refractivity contribution in [3.63, 3.8) is 0 Å². The molecule has 1 aromatic heterocycles. The van der Waals surface area contributed by atoms with Gasteiger partial charge in [0.15, 0.2) is 11.5 Å². The highest BCUT2D eigenvalue weighted by atomic mass is 32.1. The molecule has 1 saturated heterocycles. The topological polar surface area (TPSA) is 60.6 Å². The highest BCUT2D eigenvalue weighted by Crippen LogP contribution is 2.34. The van der Waals surface area contributed by atoms with Gasteiger partial charge in [0.2, 0.25) is 0 Å². The molecule has 0 bridgehead atoms. The Kier molecular flexibility index (Phi) is 5.61. The molecular weight excluding hydrogens is 334 g/mol. The summed E-state index contributed by atoms with van der Waals surface area (Å²) in [4.78, 5) is 7.27. The normalized spacial score (nSPS) is 20.8. The van der Waals surface area contributed by atoms with Gasteiger partial charge in [0.1, 0.15) is 5.01 Å². The number of nitrogens with two attached hydrogens (primary N) is 1. The van der Waals surface area contributed by atoms with Gasteiger partial charge < -0.3 is 15.2 Å². The lowest BCUT2D eigenvalue weighted by atomic mass is 9.90. The van der Waals surface area contributed by atoms with Crippen molar-refractivity contribution in [2.24, 2.45) is 11.1 Å². The second kappa shape index (κ2) is 7.72. The summed E-state index contributed by atoms with van der Waals surface area (Å²) in [6.07, 6.45) is 1.16. The SMILES string of the molecule is CCOc1ccc(-c2nc(CN3CCC(C)(CN)C3)cs2)cc1OC. The van der Waals surface area contributed by atoms with Crippen LogP contribution in [0, 0.1) is 5.41 Å². The van der Waals surface area contributed by atoms with Crippen LogP contribution >= 0.6 is 11.3 Å². The van der Waals surface area contributed by atoms with Crippen LogP contribution < -0.4 is 15.2 Å². The summed E-state index contributed by atoms with van der Waals surface area (Å²) in [7, 11) is 1.66. The third kappa shape index (κ3) is 4.14. The molecule has 1 unspecified atom stereocenters. The zero-order valence-corrected chi connectivity index (χ0v) is 16.1. The predicted molar refractivity (Wildman–Crippen MR) is 102 cm³/mol. The van der Waals surface area contributed by atoms with E-state index in [1.54, 1.807) is 18.4 Å². The maximum absolute atomic E-state index is 5.90. The minimum Gasteiger partial charge on any atom is -0.493 e. The molecule has 1 fully saturated rings. The molecular formula is C19H27N3O2S. The molecule has 25 heavy (non-hydrogen) atoms. The quantitative estimate of drug-likeness (QED) is 0.819. The number of methoxy groups -OCH3 is 1. The van der Waals surface area contributed by atoms with Gasteiger partial charge in [0.25, 0.3) is 0 Å². The lowest BCUT2D eigenvalue weighted by Crippen LogP contribution is -2.31. The Bertz CT molecular complexity index is 718. The van der Waals surface area contributed by atoms with E-state index in [1.807, 2.05) is 25.1 Å². The Morgan fingerprint density at radius 3 is 2.88 bits per heavy atom. The summed E-state index contributed by atoms with van der Waals surface area (Å²) >= 11 is 1.67. The van der Waals surface area contributed by atoms with E-state index in [0.717, 1.165) is 60.4 Å². The number of rotatable bonds is 7. The number of benzene rings is 1. The summed E-state index contributed by atoms with van der Waals surface area (Å²) in [5.74, 6) is 1.51. The van der Waals surface area contributed by atoms with E-state index in [9.17, 15) is 0 Å². The molecule has 3 rings (SSSR count). The summed E-state index contributed by atoms with van der Waals surface area (Å²) in [6.45, 7) is 8.64. The lowest BCUT2D eigenvalue weighted by Gasteiger charge is -2.22. The molecule has 136 valence electrons. The number of thiazole rings is 1. The molecule has 1 aromatic carbocycles. The largest absolute Gasteiger partial charge is 0.493 e. The van der Waals surface area contributed by atoms with Crippen LogP contribution in [0.1, 0.15) is 26.0 Å². The monoisotopic (exact) mass is 361 g/mol. The van der Waals surface area contributed by atoms with Crippen LogP contribution in [0.3, 0.4) is 0 Å². The molecule has 2 N–H and O–H groups in total. The van der Waals surface area contributed by atoms with Gasteiger partial charge in [-0.05, 0) is 50.0 Å². The van der Waals surface area contributed by atoms with Crippen LogP contribution in [-0.2, 0) is 6.54 Å². The van der Waals surface area contributed by atoms with E-state index in [1.165, 1.54) is 0 Å². The second-order valence-corrected chi connectivity index (χ2v) is 7.78. The smallest absolute Gasteiger partial charge is 0.161 e. The number of nitrogens with zero attached hydrogens (tertiary/aromatic N) is 2. The van der Waals surface area contributed by atoms with Crippen LogP contribution in [0.4, 0.5) is 0 Å². The third-order valence-electron chi connectivity index (χ3n) is 4.78. The Hall–Kier alpha value is -1.63. The number of hydrogen-bond donors (Lipinski definition) is 1. The van der Waals surface area contributed by atoms with E-state index >= 15 is 0 Å². The zero-order chi connectivity index (χ0) is 17.9. The van der Waals surface area contributed by atoms with Crippen molar-refractivity contribution in [3.05, 3.63) is 29.3 Å². The summed E-state index contributed by atoms with van der Waals surface area (Å²) in [5, 5.41) is 3.16. The van der Waals surface area contributed by atoms with Gasteiger partial charge in [-0.1, -0.05) is 6.92 Å². The maximum Gasteiger partial charge on any atom is 0.161 e. The predicted octanol–water partition coefficient (Wildman–Crippen LogP) is 3.39. The minimum absolute atomic E-state index is 0.251. The van der Waals surface area contributed by atoms with Crippen molar-refractivity contribution >= 4 is 11.3 Å². The zero-order valence-electron chi connectivity index (χ0n) is 15.2. The van der Waals surface area contributed by atoms with Crippen LogP contribution in [0.25, 0.3) is 10.6 Å². The molecule has 1 atom stereocenters. The third-order valence-corrected chi connectivity index (χ3v) is 5.72. The molecule has 6 heteroatoms. The maximum atomic E-state index is 5.90. The average molecular weight is 362 g/mol. The number of aromatic nitrogens is 1. The van der Waals surface area contributed by atoms with E-state index in [-0.39, 0.29) is 5.41 Å². The molecule has 0 aliphatic carbocycles.